The van der Waals surface area contributed by atoms with Crippen LogP contribution < -0.4 is 10.1 Å². The van der Waals surface area contributed by atoms with Crippen molar-refractivity contribution in [1.82, 2.24) is 5.32 Å². The van der Waals surface area contributed by atoms with Crippen LogP contribution in [-0.2, 0) is 0 Å². The maximum atomic E-state index is 14.1. The van der Waals surface area contributed by atoms with Crippen LogP contribution in [0.25, 0.3) is 0 Å². The standard InChI is InChI=1S/C17H26FNO2/c1-13(15-7-6-14(21-2)10-16(15)18)19-11-17(12-20)8-4-3-5-9-17/h6-7,10,13,19-20H,3-5,8-9,11-12H2,1-2H3. The molecule has 0 amide bonds. The van der Waals surface area contributed by atoms with Crippen LogP contribution in [0.5, 0.6) is 5.75 Å². The minimum absolute atomic E-state index is 0.0323. The van der Waals surface area contributed by atoms with E-state index >= 15 is 0 Å². The number of hydrogen-bond acceptors (Lipinski definition) is 3. The van der Waals surface area contributed by atoms with Gasteiger partial charge in [-0.1, -0.05) is 25.3 Å². The zero-order valence-corrected chi connectivity index (χ0v) is 13.0. The molecule has 21 heavy (non-hydrogen) atoms. The zero-order valence-electron chi connectivity index (χ0n) is 13.0. The molecular weight excluding hydrogens is 269 g/mol. The van der Waals surface area contributed by atoms with Crippen molar-refractivity contribution in [1.29, 1.82) is 0 Å². The van der Waals surface area contributed by atoms with Crippen LogP contribution in [0.3, 0.4) is 0 Å². The molecule has 1 aliphatic carbocycles. The molecule has 4 heteroatoms. The summed E-state index contributed by atoms with van der Waals surface area (Å²) in [7, 11) is 1.53. The van der Waals surface area contributed by atoms with Crippen LogP contribution in [0.2, 0.25) is 0 Å². The maximum absolute atomic E-state index is 14.1. The van der Waals surface area contributed by atoms with Crippen LogP contribution in [0.4, 0.5) is 4.39 Å². The molecule has 0 spiro atoms. The molecule has 2 N–H and O–H groups in total. The highest BCUT2D eigenvalue weighted by atomic mass is 19.1. The summed E-state index contributed by atoms with van der Waals surface area (Å²) in [5, 5.41) is 13.1. The number of aliphatic hydroxyl groups excluding tert-OH is 1. The predicted octanol–water partition coefficient (Wildman–Crippen LogP) is 3.43. The van der Waals surface area contributed by atoms with E-state index in [1.165, 1.54) is 32.4 Å². The maximum Gasteiger partial charge on any atom is 0.131 e. The molecule has 1 aliphatic rings. The number of hydrogen-bond donors (Lipinski definition) is 2. The number of benzene rings is 1. The largest absolute Gasteiger partial charge is 0.497 e. The quantitative estimate of drug-likeness (QED) is 0.845. The summed E-state index contributed by atoms with van der Waals surface area (Å²) in [6.07, 6.45) is 5.70. The topological polar surface area (TPSA) is 41.5 Å². The van der Waals surface area contributed by atoms with Crippen LogP contribution in [0.15, 0.2) is 18.2 Å². The summed E-state index contributed by atoms with van der Waals surface area (Å²) in [6, 6.07) is 4.87. The highest BCUT2D eigenvalue weighted by Crippen LogP contribution is 2.35. The average molecular weight is 295 g/mol. The molecule has 2 rings (SSSR count). The number of aliphatic hydroxyl groups is 1. The third-order valence-corrected chi connectivity index (χ3v) is 4.71. The Morgan fingerprint density at radius 1 is 1.33 bits per heavy atom. The molecule has 1 aromatic rings. The monoisotopic (exact) mass is 295 g/mol. The van der Waals surface area contributed by atoms with E-state index in [9.17, 15) is 9.50 Å². The van der Waals surface area contributed by atoms with E-state index in [1.54, 1.807) is 12.1 Å². The lowest BCUT2D eigenvalue weighted by Gasteiger charge is -2.36. The van der Waals surface area contributed by atoms with Gasteiger partial charge in [0.15, 0.2) is 0 Å². The van der Waals surface area contributed by atoms with Gasteiger partial charge < -0.3 is 15.2 Å². The summed E-state index contributed by atoms with van der Waals surface area (Å²) in [5.74, 6) is 0.276. The molecule has 1 unspecified atom stereocenters. The van der Waals surface area contributed by atoms with E-state index in [0.717, 1.165) is 19.4 Å². The lowest BCUT2D eigenvalue weighted by atomic mass is 9.74. The number of halogens is 1. The fraction of sp³-hybridized carbons (Fsp3) is 0.647. The average Bonchev–Trinajstić information content (AvgIpc) is 2.53. The molecule has 3 nitrogen and oxygen atoms in total. The molecule has 1 aromatic carbocycles. The van der Waals surface area contributed by atoms with Crippen molar-refractivity contribution in [2.75, 3.05) is 20.3 Å². The zero-order chi connectivity index (χ0) is 15.3. The Morgan fingerprint density at radius 3 is 2.62 bits per heavy atom. The third kappa shape index (κ3) is 3.95. The van der Waals surface area contributed by atoms with Crippen molar-refractivity contribution in [3.8, 4) is 5.75 Å². The summed E-state index contributed by atoms with van der Waals surface area (Å²) < 4.78 is 19.1. The summed E-state index contributed by atoms with van der Waals surface area (Å²) in [5.41, 5.74) is 0.606. The van der Waals surface area contributed by atoms with Crippen molar-refractivity contribution in [2.24, 2.45) is 5.41 Å². The van der Waals surface area contributed by atoms with Gasteiger partial charge >= 0.3 is 0 Å². The fourth-order valence-corrected chi connectivity index (χ4v) is 3.16. The first kappa shape index (κ1) is 16.2. The van der Waals surface area contributed by atoms with Gasteiger partial charge in [-0.25, -0.2) is 4.39 Å². The molecular formula is C17H26FNO2. The fourth-order valence-electron chi connectivity index (χ4n) is 3.16. The smallest absolute Gasteiger partial charge is 0.131 e. The van der Waals surface area contributed by atoms with Gasteiger partial charge in [-0.2, -0.15) is 0 Å². The highest BCUT2D eigenvalue weighted by molar-refractivity contribution is 5.30. The summed E-state index contributed by atoms with van der Waals surface area (Å²) >= 11 is 0. The summed E-state index contributed by atoms with van der Waals surface area (Å²) in [6.45, 7) is 2.90. The first-order valence-corrected chi connectivity index (χ1v) is 7.78. The van der Waals surface area contributed by atoms with Crippen molar-refractivity contribution >= 4 is 0 Å². The molecule has 1 fully saturated rings. The van der Waals surface area contributed by atoms with E-state index in [1.807, 2.05) is 6.92 Å². The second-order valence-electron chi connectivity index (χ2n) is 6.21. The Balaban J connectivity index is 1.99. The van der Waals surface area contributed by atoms with Gasteiger partial charge in [0.1, 0.15) is 11.6 Å². The van der Waals surface area contributed by atoms with Crippen molar-refractivity contribution < 1.29 is 14.2 Å². The molecule has 1 atom stereocenters. The van der Waals surface area contributed by atoms with Crippen LogP contribution in [0, 0.1) is 11.2 Å². The van der Waals surface area contributed by atoms with Gasteiger partial charge in [-0.05, 0) is 25.8 Å². The molecule has 0 heterocycles. The van der Waals surface area contributed by atoms with Crippen LogP contribution in [-0.4, -0.2) is 25.4 Å². The first-order valence-electron chi connectivity index (χ1n) is 7.78. The van der Waals surface area contributed by atoms with E-state index in [2.05, 4.69) is 5.32 Å². The van der Waals surface area contributed by atoms with E-state index in [4.69, 9.17) is 4.74 Å². The Labute approximate surface area is 126 Å². The van der Waals surface area contributed by atoms with Crippen molar-refractivity contribution in [3.63, 3.8) is 0 Å². The van der Waals surface area contributed by atoms with Gasteiger partial charge in [0, 0.05) is 36.2 Å². The Bertz CT molecular complexity index is 458. The van der Waals surface area contributed by atoms with Gasteiger partial charge in [-0.3, -0.25) is 0 Å². The molecule has 0 aromatic heterocycles. The van der Waals surface area contributed by atoms with E-state index < -0.39 is 0 Å². The Kier molecular flexibility index (Phi) is 5.59. The van der Waals surface area contributed by atoms with Gasteiger partial charge in [0.25, 0.3) is 0 Å². The van der Waals surface area contributed by atoms with Crippen molar-refractivity contribution in [3.05, 3.63) is 29.6 Å². The second-order valence-corrected chi connectivity index (χ2v) is 6.21. The minimum Gasteiger partial charge on any atom is -0.497 e. The van der Waals surface area contributed by atoms with Gasteiger partial charge in [-0.15, -0.1) is 0 Å². The molecule has 118 valence electrons. The van der Waals surface area contributed by atoms with Crippen molar-refractivity contribution in [2.45, 2.75) is 45.1 Å². The number of nitrogens with one attached hydrogen (secondary N) is 1. The van der Waals surface area contributed by atoms with Crippen LogP contribution in [0.1, 0.15) is 50.6 Å². The predicted molar refractivity (Wildman–Crippen MR) is 82.0 cm³/mol. The van der Waals surface area contributed by atoms with E-state index in [-0.39, 0.29) is 23.9 Å². The van der Waals surface area contributed by atoms with Gasteiger partial charge in [0.05, 0.1) is 7.11 Å². The number of methoxy groups -OCH3 is 1. The second kappa shape index (κ2) is 7.23. The normalized spacial score (nSPS) is 19.2. The number of rotatable bonds is 6. The third-order valence-electron chi connectivity index (χ3n) is 4.71. The lowest BCUT2D eigenvalue weighted by Crippen LogP contribution is -2.40. The highest BCUT2D eigenvalue weighted by Gasteiger charge is 2.31. The van der Waals surface area contributed by atoms with Crippen LogP contribution >= 0.6 is 0 Å². The summed E-state index contributed by atoms with van der Waals surface area (Å²) in [4.78, 5) is 0. The first-order chi connectivity index (χ1) is 10.1. The molecule has 1 saturated carbocycles. The Morgan fingerprint density at radius 2 is 2.05 bits per heavy atom. The molecule has 0 radical (unpaired) electrons. The number of ether oxygens (including phenoxy) is 1. The molecule has 0 aliphatic heterocycles. The molecule has 0 bridgehead atoms. The lowest BCUT2D eigenvalue weighted by molar-refractivity contribution is 0.0787. The SMILES string of the molecule is COc1ccc(C(C)NCC2(CO)CCCCC2)c(F)c1. The van der Waals surface area contributed by atoms with Gasteiger partial charge in [0.2, 0.25) is 0 Å². The van der Waals surface area contributed by atoms with E-state index in [0.29, 0.717) is 11.3 Å². The minimum atomic E-state index is -0.254. The molecule has 0 saturated heterocycles. The Hall–Kier alpha value is -1.13.